The van der Waals surface area contributed by atoms with Gasteiger partial charge < -0.3 is 0 Å². The molecule has 0 saturated heterocycles. The molecule has 0 bridgehead atoms. The van der Waals surface area contributed by atoms with Crippen LogP contribution in [0, 0.1) is 13.0 Å². The topological polar surface area (TPSA) is 0 Å². The van der Waals surface area contributed by atoms with Gasteiger partial charge in [0.05, 0.1) is 0 Å². The predicted molar refractivity (Wildman–Crippen MR) is 46.4 cm³/mol. The molecule has 0 aliphatic carbocycles. The fourth-order valence-corrected chi connectivity index (χ4v) is 1.54. The van der Waals surface area contributed by atoms with Gasteiger partial charge in [-0.3, -0.25) is 0 Å². The number of benzene rings is 1. The fraction of sp³-hybridized carbons (Fsp3) is 0.333. The zero-order chi connectivity index (χ0) is 7.40. The lowest BCUT2D eigenvalue weighted by molar-refractivity contribution is 1.29. The van der Waals surface area contributed by atoms with Crippen LogP contribution in [0.2, 0.25) is 0 Å². The Hall–Kier alpha value is -0.430. The van der Waals surface area contributed by atoms with Gasteiger partial charge in [-0.25, -0.2) is 0 Å². The van der Waals surface area contributed by atoms with E-state index < -0.39 is 0 Å². The van der Waals surface area contributed by atoms with E-state index >= 15 is 0 Å². The van der Waals surface area contributed by atoms with Crippen molar-refractivity contribution in [2.24, 2.45) is 0 Å². The van der Waals surface area contributed by atoms with Crippen molar-refractivity contribution in [3.05, 3.63) is 29.8 Å². The molecule has 0 aliphatic rings. The summed E-state index contributed by atoms with van der Waals surface area (Å²) in [6.07, 6.45) is 0. The molecule has 0 aromatic heterocycles. The Morgan fingerprint density at radius 1 is 1.60 bits per heavy atom. The van der Waals surface area contributed by atoms with Crippen LogP contribution in [0.4, 0.5) is 0 Å². The quantitative estimate of drug-likeness (QED) is 0.586. The number of aryl methyl sites for hydroxylation is 1. The van der Waals surface area contributed by atoms with Crippen molar-refractivity contribution < 1.29 is 0 Å². The van der Waals surface area contributed by atoms with Gasteiger partial charge in [0.25, 0.3) is 0 Å². The molecular formula is C9H11S. The second kappa shape index (κ2) is 3.67. The molecule has 0 nitrogen and oxygen atoms in total. The summed E-state index contributed by atoms with van der Waals surface area (Å²) in [7, 11) is 0. The van der Waals surface area contributed by atoms with Crippen LogP contribution in [-0.4, -0.2) is 5.75 Å². The minimum atomic E-state index is 1.13. The third-order valence-electron chi connectivity index (χ3n) is 1.30. The monoisotopic (exact) mass is 151 g/mol. The van der Waals surface area contributed by atoms with Crippen LogP contribution in [0.25, 0.3) is 0 Å². The summed E-state index contributed by atoms with van der Waals surface area (Å²) in [5, 5.41) is 0. The minimum absolute atomic E-state index is 1.13. The summed E-state index contributed by atoms with van der Waals surface area (Å²) in [6, 6.07) is 9.31. The fourth-order valence-electron chi connectivity index (χ4n) is 0.806. The van der Waals surface area contributed by atoms with Crippen molar-refractivity contribution in [3.8, 4) is 0 Å². The summed E-state index contributed by atoms with van der Waals surface area (Å²) in [5.41, 5.74) is 1.33. The van der Waals surface area contributed by atoms with Crippen LogP contribution >= 0.6 is 11.8 Å². The van der Waals surface area contributed by atoms with E-state index in [1.54, 1.807) is 0 Å². The SMILES string of the molecule is CCSc1[c]cccc1C. The molecule has 0 saturated carbocycles. The van der Waals surface area contributed by atoms with Crippen molar-refractivity contribution in [2.45, 2.75) is 18.7 Å². The molecule has 1 radical (unpaired) electrons. The van der Waals surface area contributed by atoms with E-state index in [1.807, 2.05) is 23.9 Å². The zero-order valence-corrected chi connectivity index (χ0v) is 7.16. The van der Waals surface area contributed by atoms with E-state index in [-0.39, 0.29) is 0 Å². The molecule has 10 heavy (non-hydrogen) atoms. The third kappa shape index (κ3) is 1.77. The number of rotatable bonds is 2. The van der Waals surface area contributed by atoms with Gasteiger partial charge in [-0.05, 0) is 24.3 Å². The minimum Gasteiger partial charge on any atom is -0.126 e. The largest absolute Gasteiger partial charge is 0.126 e. The Kier molecular flexibility index (Phi) is 2.82. The molecule has 0 amide bonds. The lowest BCUT2D eigenvalue weighted by Gasteiger charge is -1.99. The highest BCUT2D eigenvalue weighted by Gasteiger charge is 1.93. The first-order valence-electron chi connectivity index (χ1n) is 3.44. The first-order chi connectivity index (χ1) is 4.84. The second-order valence-corrected chi connectivity index (χ2v) is 3.39. The average molecular weight is 151 g/mol. The van der Waals surface area contributed by atoms with Gasteiger partial charge in [0.1, 0.15) is 0 Å². The lowest BCUT2D eigenvalue weighted by atomic mass is 10.2. The van der Waals surface area contributed by atoms with Gasteiger partial charge in [-0.2, -0.15) is 0 Å². The molecule has 1 heteroatoms. The Bertz CT molecular complexity index is 206. The highest BCUT2D eigenvalue weighted by Crippen LogP contribution is 2.19. The number of thioether (sulfide) groups is 1. The van der Waals surface area contributed by atoms with Gasteiger partial charge in [0.2, 0.25) is 0 Å². The summed E-state index contributed by atoms with van der Waals surface area (Å²) < 4.78 is 0. The van der Waals surface area contributed by atoms with E-state index in [0.29, 0.717) is 0 Å². The van der Waals surface area contributed by atoms with Crippen molar-refractivity contribution in [3.63, 3.8) is 0 Å². The van der Waals surface area contributed by atoms with Crippen LogP contribution in [0.1, 0.15) is 12.5 Å². The zero-order valence-electron chi connectivity index (χ0n) is 6.35. The standard InChI is InChI=1S/C9H11S/c1-3-10-9-7-5-4-6-8(9)2/h4-6H,3H2,1-2H3. The first-order valence-corrected chi connectivity index (χ1v) is 4.43. The maximum absolute atomic E-state index is 3.20. The molecule has 0 spiro atoms. The number of hydrogen-bond donors (Lipinski definition) is 0. The number of hydrogen-bond acceptors (Lipinski definition) is 1. The molecule has 1 rings (SSSR count). The molecule has 0 unspecified atom stereocenters. The first kappa shape index (κ1) is 7.67. The second-order valence-electron chi connectivity index (χ2n) is 2.12. The Morgan fingerprint density at radius 3 is 3.00 bits per heavy atom. The van der Waals surface area contributed by atoms with Crippen LogP contribution < -0.4 is 0 Å². The highest BCUT2D eigenvalue weighted by molar-refractivity contribution is 7.99. The van der Waals surface area contributed by atoms with Crippen molar-refractivity contribution in [1.82, 2.24) is 0 Å². The normalized spacial score (nSPS) is 9.80. The molecular weight excluding hydrogens is 140 g/mol. The molecule has 0 N–H and O–H groups in total. The van der Waals surface area contributed by atoms with E-state index in [2.05, 4.69) is 26.0 Å². The molecule has 1 aromatic carbocycles. The van der Waals surface area contributed by atoms with Crippen LogP contribution in [0.5, 0.6) is 0 Å². The van der Waals surface area contributed by atoms with Crippen molar-refractivity contribution in [2.75, 3.05) is 5.75 Å². The van der Waals surface area contributed by atoms with Gasteiger partial charge in [-0.15, -0.1) is 11.8 Å². The summed E-state index contributed by atoms with van der Waals surface area (Å²) >= 11 is 1.85. The van der Waals surface area contributed by atoms with E-state index in [1.165, 1.54) is 10.5 Å². The van der Waals surface area contributed by atoms with Gasteiger partial charge >= 0.3 is 0 Å². The van der Waals surface area contributed by atoms with Crippen LogP contribution in [0.3, 0.4) is 0 Å². The Morgan fingerprint density at radius 2 is 2.40 bits per heavy atom. The van der Waals surface area contributed by atoms with Gasteiger partial charge in [-0.1, -0.05) is 25.1 Å². The Labute approximate surface area is 66.6 Å². The maximum atomic E-state index is 3.20. The molecule has 0 heterocycles. The smallest absolute Gasteiger partial charge is 0.0180 e. The lowest BCUT2D eigenvalue weighted by Crippen LogP contribution is -1.78. The molecule has 53 valence electrons. The summed E-state index contributed by atoms with van der Waals surface area (Å²) in [6.45, 7) is 4.28. The Balaban J connectivity index is 2.81. The van der Waals surface area contributed by atoms with E-state index in [0.717, 1.165) is 5.75 Å². The average Bonchev–Trinajstić information content (AvgIpc) is 1.94. The van der Waals surface area contributed by atoms with Crippen LogP contribution in [0.15, 0.2) is 23.1 Å². The van der Waals surface area contributed by atoms with Gasteiger partial charge in [0.15, 0.2) is 0 Å². The van der Waals surface area contributed by atoms with Gasteiger partial charge in [0, 0.05) is 4.90 Å². The molecule has 0 fully saturated rings. The molecule has 0 aliphatic heterocycles. The van der Waals surface area contributed by atoms with Crippen molar-refractivity contribution >= 4 is 11.8 Å². The molecule has 1 aromatic rings. The van der Waals surface area contributed by atoms with E-state index in [4.69, 9.17) is 0 Å². The predicted octanol–water partition coefficient (Wildman–Crippen LogP) is 2.91. The maximum Gasteiger partial charge on any atom is 0.0180 e. The molecule has 0 atom stereocenters. The van der Waals surface area contributed by atoms with Crippen molar-refractivity contribution in [1.29, 1.82) is 0 Å². The van der Waals surface area contributed by atoms with E-state index in [9.17, 15) is 0 Å². The highest BCUT2D eigenvalue weighted by atomic mass is 32.2. The summed E-state index contributed by atoms with van der Waals surface area (Å²) in [5.74, 6) is 1.13. The summed E-state index contributed by atoms with van der Waals surface area (Å²) in [4.78, 5) is 1.28. The van der Waals surface area contributed by atoms with Crippen LogP contribution in [-0.2, 0) is 0 Å². The third-order valence-corrected chi connectivity index (χ3v) is 2.32.